The Morgan fingerprint density at radius 3 is 1.91 bits per heavy atom. The molecule has 0 aromatic heterocycles. The Morgan fingerprint density at radius 2 is 1.32 bits per heavy atom. The van der Waals surface area contributed by atoms with Crippen LogP contribution >= 0.6 is 0 Å². The number of carbonyl (C=O) groups excluding carboxylic acids is 3. The van der Waals surface area contributed by atoms with E-state index in [0.29, 0.717) is 47.3 Å². The Balaban J connectivity index is 2.00. The normalized spacial score (nSPS) is 18.7. The van der Waals surface area contributed by atoms with Gasteiger partial charge in [-0.2, -0.15) is 42.1 Å². The van der Waals surface area contributed by atoms with Gasteiger partial charge in [-0.15, -0.1) is 0 Å². The van der Waals surface area contributed by atoms with Crippen LogP contribution in [0.3, 0.4) is 0 Å². The minimum absolute atomic E-state index is 0.00809. The molecule has 1 aliphatic heterocycles. The highest BCUT2D eigenvalue weighted by Crippen LogP contribution is 2.49. The smallest absolute Gasteiger partial charge is 0.294 e. The van der Waals surface area contributed by atoms with E-state index < -0.39 is 118 Å². The topological polar surface area (TPSA) is 401 Å². The predicted molar refractivity (Wildman–Crippen MR) is 283 cm³/mol. The van der Waals surface area contributed by atoms with Crippen molar-refractivity contribution < 1.29 is 79.2 Å². The highest BCUT2D eigenvalue weighted by atomic mass is 32.2. The monoisotopic (exact) mass is 1160 g/mol. The van der Waals surface area contributed by atoms with Crippen molar-refractivity contribution in [1.82, 2.24) is 16.1 Å². The van der Waals surface area contributed by atoms with Crippen LogP contribution in [0.25, 0.3) is 0 Å². The lowest BCUT2D eigenvalue weighted by Gasteiger charge is -2.35. The lowest BCUT2D eigenvalue weighted by molar-refractivity contribution is -0.143. The van der Waals surface area contributed by atoms with Crippen LogP contribution in [0.4, 0.5) is 5.69 Å². The van der Waals surface area contributed by atoms with E-state index in [1.807, 2.05) is 5.43 Å². The number of fused-ring (bicyclic) bond motifs is 1. The number of aliphatic imine (C=N–C) groups is 1. The molecule has 1 unspecified atom stereocenters. The standard InChI is InChI=1S/C47H66N6O18S5/c1-32-12-15-35(75(66,67)68)28-37(32)45(2,3)40(49-21-9-24-72(57,58)59)18-13-33-27-34(31-47(30-33,44(56)51-22-26-74(63,64)65)43(55)50-20-8-6-7-11-42(54)52-48)14-19-41-46(4,5)38-29-36(76(69,70)71)16-17-39(38)53(41)23-10-25-73(60,61)62/h12-19,27-29H,6-11,20-26,30-31,48H2,1-5H3,(H,50,55)(H,51,56)(H,52,54)(H,57,58,59)(H,60,61,62)(H,63,64,65)(H,66,67,68)(H,69,70,71)/b18-13+,34-14-,41-19+,49-40+. The molecule has 3 amide bonds. The van der Waals surface area contributed by atoms with E-state index in [2.05, 4.69) is 15.6 Å². The molecule has 1 heterocycles. The molecule has 0 fully saturated rings. The summed E-state index contributed by atoms with van der Waals surface area (Å²) < 4.78 is 168. The number of benzene rings is 2. The number of nitrogens with two attached hydrogens (primary N) is 1. The number of hydrogen-bond donors (Lipinski definition) is 9. The van der Waals surface area contributed by atoms with Crippen molar-refractivity contribution >= 4 is 79.7 Å². The summed E-state index contributed by atoms with van der Waals surface area (Å²) in [5.41, 5.74) is 0.574. The van der Waals surface area contributed by atoms with Gasteiger partial charge in [0.15, 0.2) is 0 Å². The molecule has 24 nitrogen and oxygen atoms in total. The lowest BCUT2D eigenvalue weighted by Crippen LogP contribution is -2.53. The number of unbranched alkanes of at least 4 members (excludes halogenated alkanes) is 2. The largest absolute Gasteiger partial charge is 0.355 e. The molecule has 0 bridgehead atoms. The second kappa shape index (κ2) is 25.1. The van der Waals surface area contributed by atoms with E-state index in [-0.39, 0.29) is 68.6 Å². The molecule has 10 N–H and O–H groups in total. The first-order valence-corrected chi connectivity index (χ1v) is 31.4. The number of aryl methyl sites for hydroxylation is 1. The summed E-state index contributed by atoms with van der Waals surface area (Å²) in [6.45, 7) is 7.65. The molecule has 2 aromatic carbocycles. The Morgan fingerprint density at radius 1 is 0.737 bits per heavy atom. The maximum atomic E-state index is 14.7. The van der Waals surface area contributed by atoms with E-state index in [1.165, 1.54) is 42.5 Å². The minimum atomic E-state index is -4.71. The molecule has 0 saturated carbocycles. The molecule has 0 saturated heterocycles. The summed E-state index contributed by atoms with van der Waals surface area (Å²) in [5.74, 6) is 0.784. The maximum Gasteiger partial charge on any atom is 0.294 e. The van der Waals surface area contributed by atoms with Gasteiger partial charge >= 0.3 is 0 Å². The number of hydrogen-bond acceptors (Lipinski definition) is 16. The first kappa shape index (κ1) is 63.3. The van der Waals surface area contributed by atoms with Gasteiger partial charge in [0.25, 0.3) is 50.6 Å². The number of allylic oxidation sites excluding steroid dienone is 8. The van der Waals surface area contributed by atoms with Crippen molar-refractivity contribution in [1.29, 1.82) is 0 Å². The first-order chi connectivity index (χ1) is 34.9. The van der Waals surface area contributed by atoms with Gasteiger partial charge in [-0.3, -0.25) is 47.6 Å². The van der Waals surface area contributed by atoms with Gasteiger partial charge in [0, 0.05) is 60.5 Å². The number of carbonyl (C=O) groups is 3. The van der Waals surface area contributed by atoms with Gasteiger partial charge in [-0.05, 0) is 116 Å². The fourth-order valence-corrected chi connectivity index (χ4v) is 11.4. The van der Waals surface area contributed by atoms with Crippen LogP contribution in [0.5, 0.6) is 0 Å². The Bertz CT molecular complexity index is 3290. The molecule has 4 rings (SSSR count). The molecular formula is C47H66N6O18S5. The van der Waals surface area contributed by atoms with Gasteiger partial charge in [-0.1, -0.05) is 58.4 Å². The van der Waals surface area contributed by atoms with E-state index in [4.69, 9.17) is 5.84 Å². The molecular weight excluding hydrogens is 1100 g/mol. The zero-order valence-electron chi connectivity index (χ0n) is 42.5. The number of rotatable bonds is 26. The molecule has 76 heavy (non-hydrogen) atoms. The minimum Gasteiger partial charge on any atom is -0.355 e. The van der Waals surface area contributed by atoms with Crippen LogP contribution in [0.1, 0.15) is 95.8 Å². The fraction of sp³-hybridized carbons (Fsp3) is 0.489. The van der Waals surface area contributed by atoms with Crippen LogP contribution in [0, 0.1) is 12.3 Å². The zero-order chi connectivity index (χ0) is 57.3. The van der Waals surface area contributed by atoms with Gasteiger partial charge in [0.1, 0.15) is 5.41 Å². The Labute approximate surface area is 444 Å². The van der Waals surface area contributed by atoms with Crippen molar-refractivity contribution in [3.05, 3.63) is 100 Å². The third-order valence-corrected chi connectivity index (χ3v) is 17.0. The summed E-state index contributed by atoms with van der Waals surface area (Å²) in [6.07, 6.45) is 8.10. The molecule has 422 valence electrons. The van der Waals surface area contributed by atoms with Crippen LogP contribution in [0.15, 0.2) is 98.4 Å². The second-order valence-electron chi connectivity index (χ2n) is 19.5. The van der Waals surface area contributed by atoms with Crippen molar-refractivity contribution in [2.75, 3.05) is 48.3 Å². The lowest BCUT2D eigenvalue weighted by atomic mass is 9.70. The van der Waals surface area contributed by atoms with Crippen LogP contribution in [-0.2, 0) is 75.8 Å². The second-order valence-corrected chi connectivity index (χ2v) is 27.1. The number of nitrogens with one attached hydrogen (secondary N) is 3. The summed E-state index contributed by atoms with van der Waals surface area (Å²) in [7, 11) is -22.9. The van der Waals surface area contributed by atoms with Crippen LogP contribution in [-0.4, -0.2) is 132 Å². The van der Waals surface area contributed by atoms with Gasteiger partial charge in [-0.25, -0.2) is 5.84 Å². The molecule has 1 aliphatic carbocycles. The van der Waals surface area contributed by atoms with Crippen molar-refractivity contribution in [2.24, 2.45) is 16.3 Å². The SMILES string of the molecule is Cc1ccc(S(=O)(=O)O)cc1C(C)(C)C(/C=C/C1=CC(=C/C=C2/N(CCCS(=O)(=O)O)c3ccc(S(=O)(=O)O)cc3C2(C)C)/CC(C(=O)NCCCCCC(=O)NN)(C(=O)NCCS(=O)(=O)O)C1)=N/CCCS(=O)(=O)O. The number of amides is 3. The highest BCUT2D eigenvalue weighted by Gasteiger charge is 2.48. The van der Waals surface area contributed by atoms with Gasteiger partial charge in [0.05, 0.1) is 27.0 Å². The van der Waals surface area contributed by atoms with Crippen molar-refractivity contribution in [3.63, 3.8) is 0 Å². The van der Waals surface area contributed by atoms with Crippen molar-refractivity contribution in [3.8, 4) is 0 Å². The predicted octanol–water partition coefficient (Wildman–Crippen LogP) is 3.30. The number of anilines is 1. The summed E-state index contributed by atoms with van der Waals surface area (Å²) >= 11 is 0. The van der Waals surface area contributed by atoms with Crippen LogP contribution in [0.2, 0.25) is 0 Å². The van der Waals surface area contributed by atoms with E-state index in [1.54, 1.807) is 57.7 Å². The maximum absolute atomic E-state index is 14.7. The highest BCUT2D eigenvalue weighted by molar-refractivity contribution is 7.86. The fourth-order valence-electron chi connectivity index (χ4n) is 9.04. The molecule has 2 aliphatic rings. The molecule has 2 aromatic rings. The average molecular weight is 1160 g/mol. The number of hydrazine groups is 1. The zero-order valence-corrected chi connectivity index (χ0v) is 46.6. The number of nitrogens with zero attached hydrogens (tertiary/aromatic N) is 2. The van der Waals surface area contributed by atoms with Gasteiger partial charge in [0.2, 0.25) is 17.7 Å². The Hall–Kier alpha value is -5.21. The summed E-state index contributed by atoms with van der Waals surface area (Å²) in [5, 5.41) is 5.26. The molecule has 1 atom stereocenters. The third-order valence-electron chi connectivity index (χ3n) is 12.9. The first-order valence-electron chi connectivity index (χ1n) is 23.7. The molecule has 0 radical (unpaired) electrons. The van der Waals surface area contributed by atoms with E-state index >= 15 is 0 Å². The van der Waals surface area contributed by atoms with E-state index in [0.717, 1.165) is 6.07 Å². The van der Waals surface area contributed by atoms with Gasteiger partial charge < -0.3 is 15.5 Å². The van der Waals surface area contributed by atoms with Crippen LogP contribution < -0.4 is 26.8 Å². The summed E-state index contributed by atoms with van der Waals surface area (Å²) in [4.78, 5) is 46.6. The molecule has 0 spiro atoms. The third kappa shape index (κ3) is 17.7. The van der Waals surface area contributed by atoms with E-state index in [9.17, 15) is 79.2 Å². The Kier molecular flexibility index (Phi) is 20.9. The summed E-state index contributed by atoms with van der Waals surface area (Å²) in [6, 6.07) is 7.76. The molecule has 29 heteroatoms. The average Bonchev–Trinajstić information content (AvgIpc) is 3.50. The quantitative estimate of drug-likeness (QED) is 0.0124. The van der Waals surface area contributed by atoms with Crippen molar-refractivity contribution in [2.45, 2.75) is 107 Å².